The fourth-order valence-corrected chi connectivity index (χ4v) is 3.23. The summed E-state index contributed by atoms with van der Waals surface area (Å²) in [6.45, 7) is 5.28. The maximum Gasteiger partial charge on any atom is 0.410 e. The molecule has 1 aliphatic heterocycles. The predicted molar refractivity (Wildman–Crippen MR) is 87.7 cm³/mol. The van der Waals surface area contributed by atoms with E-state index in [9.17, 15) is 9.59 Å². The van der Waals surface area contributed by atoms with Gasteiger partial charge in [0, 0.05) is 12.2 Å². The van der Waals surface area contributed by atoms with Crippen molar-refractivity contribution in [2.45, 2.75) is 20.4 Å². The van der Waals surface area contributed by atoms with E-state index in [1.165, 1.54) is 11.3 Å². The standard InChI is InChI=1S/C16H17N3O3S/c1-10-14(23-11(2)17-10)15(20)18-13-5-3-12(4-6-13)9-19-7-8-22-16(19)21/h3-6H,7-9H2,1-2H3,(H,18,20). The molecule has 0 aliphatic carbocycles. The van der Waals surface area contributed by atoms with Crippen LogP contribution in [-0.4, -0.2) is 35.0 Å². The Morgan fingerprint density at radius 2 is 2.09 bits per heavy atom. The minimum atomic E-state index is -0.279. The zero-order valence-electron chi connectivity index (χ0n) is 13.0. The van der Waals surface area contributed by atoms with Crippen molar-refractivity contribution in [3.63, 3.8) is 0 Å². The van der Waals surface area contributed by atoms with Crippen LogP contribution in [0.15, 0.2) is 24.3 Å². The zero-order chi connectivity index (χ0) is 16.4. The van der Waals surface area contributed by atoms with Crippen LogP contribution in [0.2, 0.25) is 0 Å². The van der Waals surface area contributed by atoms with E-state index < -0.39 is 0 Å². The fourth-order valence-electron chi connectivity index (χ4n) is 2.41. The fraction of sp³-hybridized carbons (Fsp3) is 0.312. The van der Waals surface area contributed by atoms with Crippen LogP contribution in [0, 0.1) is 13.8 Å². The van der Waals surface area contributed by atoms with Gasteiger partial charge in [0.05, 0.1) is 17.2 Å². The second-order valence-corrected chi connectivity index (χ2v) is 6.54. The Hall–Kier alpha value is -2.41. The number of amides is 2. The highest BCUT2D eigenvalue weighted by atomic mass is 32.1. The Balaban J connectivity index is 1.64. The normalized spacial score (nSPS) is 14.0. The van der Waals surface area contributed by atoms with E-state index in [-0.39, 0.29) is 12.0 Å². The summed E-state index contributed by atoms with van der Waals surface area (Å²) in [5.41, 5.74) is 2.45. The van der Waals surface area contributed by atoms with Gasteiger partial charge in [0.2, 0.25) is 0 Å². The molecule has 0 radical (unpaired) electrons. The number of hydrogen-bond donors (Lipinski definition) is 1. The molecule has 2 heterocycles. The molecule has 1 aliphatic rings. The summed E-state index contributed by atoms with van der Waals surface area (Å²) >= 11 is 1.39. The Kier molecular flexibility index (Phi) is 4.29. The van der Waals surface area contributed by atoms with Crippen LogP contribution in [0.5, 0.6) is 0 Å². The molecule has 2 amide bonds. The van der Waals surface area contributed by atoms with Gasteiger partial charge in [-0.3, -0.25) is 4.79 Å². The second-order valence-electron chi connectivity index (χ2n) is 5.33. The van der Waals surface area contributed by atoms with E-state index in [0.717, 1.165) is 16.3 Å². The van der Waals surface area contributed by atoms with Crippen molar-refractivity contribution in [1.82, 2.24) is 9.88 Å². The quantitative estimate of drug-likeness (QED) is 0.935. The number of thiazole rings is 1. The Morgan fingerprint density at radius 1 is 1.35 bits per heavy atom. The number of hydrogen-bond acceptors (Lipinski definition) is 5. The first-order chi connectivity index (χ1) is 11.0. The molecule has 23 heavy (non-hydrogen) atoms. The van der Waals surface area contributed by atoms with Crippen molar-refractivity contribution < 1.29 is 14.3 Å². The number of anilines is 1. The van der Waals surface area contributed by atoms with E-state index in [2.05, 4.69) is 10.3 Å². The van der Waals surface area contributed by atoms with Crippen LogP contribution in [0.25, 0.3) is 0 Å². The monoisotopic (exact) mass is 331 g/mol. The van der Waals surface area contributed by atoms with Crippen molar-refractivity contribution in [2.24, 2.45) is 0 Å². The molecule has 0 unspecified atom stereocenters. The van der Waals surface area contributed by atoms with E-state index in [0.29, 0.717) is 30.3 Å². The van der Waals surface area contributed by atoms with Crippen LogP contribution in [0.4, 0.5) is 10.5 Å². The molecule has 1 saturated heterocycles. The number of nitrogens with one attached hydrogen (secondary N) is 1. The van der Waals surface area contributed by atoms with Crippen molar-refractivity contribution in [2.75, 3.05) is 18.5 Å². The average molecular weight is 331 g/mol. The molecule has 0 bridgehead atoms. The lowest BCUT2D eigenvalue weighted by atomic mass is 10.2. The Bertz CT molecular complexity index is 740. The molecule has 7 heteroatoms. The molecule has 1 N–H and O–H groups in total. The third-order valence-corrected chi connectivity index (χ3v) is 4.61. The van der Waals surface area contributed by atoms with E-state index in [4.69, 9.17) is 4.74 Å². The van der Waals surface area contributed by atoms with Crippen LogP contribution >= 0.6 is 11.3 Å². The lowest BCUT2D eigenvalue weighted by Gasteiger charge is -2.13. The molecule has 6 nitrogen and oxygen atoms in total. The van der Waals surface area contributed by atoms with Gasteiger partial charge in [-0.1, -0.05) is 12.1 Å². The molecule has 3 rings (SSSR count). The van der Waals surface area contributed by atoms with Crippen molar-refractivity contribution in [3.05, 3.63) is 45.4 Å². The molecular formula is C16H17N3O3S. The average Bonchev–Trinajstić information content (AvgIpc) is 3.07. The van der Waals surface area contributed by atoms with Crippen LogP contribution in [0.3, 0.4) is 0 Å². The maximum absolute atomic E-state index is 12.2. The van der Waals surface area contributed by atoms with E-state index in [1.54, 1.807) is 4.90 Å². The van der Waals surface area contributed by atoms with E-state index in [1.807, 2.05) is 38.1 Å². The third-order valence-electron chi connectivity index (χ3n) is 3.54. The zero-order valence-corrected chi connectivity index (χ0v) is 13.8. The van der Waals surface area contributed by atoms with Gasteiger partial charge in [0.25, 0.3) is 5.91 Å². The highest BCUT2D eigenvalue weighted by Gasteiger charge is 2.21. The summed E-state index contributed by atoms with van der Waals surface area (Å²) in [7, 11) is 0. The topological polar surface area (TPSA) is 71.5 Å². The molecule has 1 aromatic carbocycles. The van der Waals surface area contributed by atoms with Gasteiger partial charge in [-0.25, -0.2) is 9.78 Å². The number of nitrogens with zero attached hydrogens (tertiary/aromatic N) is 2. The van der Waals surface area contributed by atoms with Crippen molar-refractivity contribution in [3.8, 4) is 0 Å². The number of cyclic esters (lactones) is 1. The van der Waals surface area contributed by atoms with Gasteiger partial charge in [-0.15, -0.1) is 11.3 Å². The molecule has 120 valence electrons. The van der Waals surface area contributed by atoms with Crippen LogP contribution < -0.4 is 5.32 Å². The molecule has 2 aromatic rings. The summed E-state index contributed by atoms with van der Waals surface area (Å²) < 4.78 is 4.90. The molecule has 0 saturated carbocycles. The van der Waals surface area contributed by atoms with Crippen molar-refractivity contribution >= 4 is 29.0 Å². The number of benzene rings is 1. The number of aromatic nitrogens is 1. The van der Waals surface area contributed by atoms with Gasteiger partial charge in [0.15, 0.2) is 0 Å². The first-order valence-corrected chi connectivity index (χ1v) is 8.10. The number of rotatable bonds is 4. The Morgan fingerprint density at radius 3 is 2.65 bits per heavy atom. The SMILES string of the molecule is Cc1nc(C)c(C(=O)Nc2ccc(CN3CCOC3=O)cc2)s1. The number of carbonyl (C=O) groups is 2. The lowest BCUT2D eigenvalue weighted by molar-refractivity contribution is 0.102. The molecule has 0 atom stereocenters. The first kappa shape index (κ1) is 15.5. The molecule has 0 spiro atoms. The van der Waals surface area contributed by atoms with Gasteiger partial charge in [-0.2, -0.15) is 0 Å². The summed E-state index contributed by atoms with van der Waals surface area (Å²) in [6.07, 6.45) is -0.279. The van der Waals surface area contributed by atoms with E-state index >= 15 is 0 Å². The van der Waals surface area contributed by atoms with Gasteiger partial charge in [0.1, 0.15) is 11.5 Å². The first-order valence-electron chi connectivity index (χ1n) is 7.29. The van der Waals surface area contributed by atoms with Gasteiger partial charge < -0.3 is 15.0 Å². The van der Waals surface area contributed by atoms with Gasteiger partial charge >= 0.3 is 6.09 Å². The number of aryl methyl sites for hydroxylation is 2. The molecular weight excluding hydrogens is 314 g/mol. The smallest absolute Gasteiger partial charge is 0.410 e. The summed E-state index contributed by atoms with van der Waals surface area (Å²) in [5.74, 6) is -0.149. The summed E-state index contributed by atoms with van der Waals surface area (Å²) in [4.78, 5) is 30.2. The number of ether oxygens (including phenoxy) is 1. The minimum absolute atomic E-state index is 0.149. The van der Waals surface area contributed by atoms with Crippen LogP contribution in [0.1, 0.15) is 25.9 Å². The van der Waals surface area contributed by atoms with Crippen LogP contribution in [-0.2, 0) is 11.3 Å². The lowest BCUT2D eigenvalue weighted by Crippen LogP contribution is -2.23. The molecule has 1 fully saturated rings. The highest BCUT2D eigenvalue weighted by molar-refractivity contribution is 7.13. The Labute approximate surface area is 138 Å². The van der Waals surface area contributed by atoms with Crippen molar-refractivity contribution in [1.29, 1.82) is 0 Å². The second kappa shape index (κ2) is 6.37. The highest BCUT2D eigenvalue weighted by Crippen LogP contribution is 2.20. The van der Waals surface area contributed by atoms with Gasteiger partial charge in [-0.05, 0) is 31.5 Å². The number of carbonyl (C=O) groups excluding carboxylic acids is 2. The molecule has 1 aromatic heterocycles. The largest absolute Gasteiger partial charge is 0.448 e. The summed E-state index contributed by atoms with van der Waals surface area (Å²) in [6, 6.07) is 7.45. The maximum atomic E-state index is 12.2. The minimum Gasteiger partial charge on any atom is -0.448 e. The predicted octanol–water partition coefficient (Wildman–Crippen LogP) is 2.96. The summed E-state index contributed by atoms with van der Waals surface area (Å²) in [5, 5.41) is 3.74. The third kappa shape index (κ3) is 3.50.